The van der Waals surface area contributed by atoms with Gasteiger partial charge < -0.3 is 9.42 Å². The average molecular weight is 355 g/mol. The van der Waals surface area contributed by atoms with Crippen LogP contribution in [0, 0.1) is 0 Å². The lowest BCUT2D eigenvalue weighted by Gasteiger charge is -2.33. The Kier molecular flexibility index (Phi) is 4.53. The first-order valence-electron chi connectivity index (χ1n) is 8.08. The van der Waals surface area contributed by atoms with E-state index >= 15 is 0 Å². The zero-order chi connectivity index (χ0) is 17.1. The molecule has 1 aliphatic rings. The van der Waals surface area contributed by atoms with Crippen molar-refractivity contribution in [3.63, 3.8) is 0 Å². The number of aromatic nitrogens is 3. The highest BCUT2D eigenvalue weighted by Crippen LogP contribution is 2.21. The molecule has 1 aliphatic heterocycles. The molecule has 8 heteroatoms. The Morgan fingerprint density at radius 1 is 1.20 bits per heavy atom. The number of hydrogen-bond donors (Lipinski definition) is 0. The molecule has 1 saturated heterocycles. The molecule has 0 aromatic carbocycles. The maximum absolute atomic E-state index is 12.4. The molecule has 0 aliphatic carbocycles. The Morgan fingerprint density at radius 3 is 2.80 bits per heavy atom. The lowest BCUT2D eigenvalue weighted by molar-refractivity contribution is 0.0614. The lowest BCUT2D eigenvalue weighted by atomic mass is 10.2. The summed E-state index contributed by atoms with van der Waals surface area (Å²) in [6, 6.07) is 7.52. The largest absolute Gasteiger partial charge is 0.338 e. The van der Waals surface area contributed by atoms with Crippen molar-refractivity contribution in [1.82, 2.24) is 24.9 Å². The maximum atomic E-state index is 12.4. The minimum Gasteiger partial charge on any atom is -0.338 e. The van der Waals surface area contributed by atoms with Gasteiger partial charge in [-0.2, -0.15) is 4.98 Å². The van der Waals surface area contributed by atoms with Gasteiger partial charge in [0.15, 0.2) is 0 Å². The van der Waals surface area contributed by atoms with E-state index in [-0.39, 0.29) is 5.91 Å². The van der Waals surface area contributed by atoms with Crippen LogP contribution in [0.15, 0.2) is 46.6 Å². The number of thiophene rings is 1. The second-order valence-electron chi connectivity index (χ2n) is 5.80. The van der Waals surface area contributed by atoms with E-state index < -0.39 is 0 Å². The molecule has 0 N–H and O–H groups in total. The van der Waals surface area contributed by atoms with Gasteiger partial charge in [-0.1, -0.05) is 11.2 Å². The number of rotatable bonds is 4. The van der Waals surface area contributed by atoms with Crippen LogP contribution in [0.3, 0.4) is 0 Å². The topological polar surface area (TPSA) is 75.4 Å². The number of pyridine rings is 1. The molecule has 0 spiro atoms. The fraction of sp³-hybridized carbons (Fsp3) is 0.294. The van der Waals surface area contributed by atoms with Gasteiger partial charge in [-0.15, -0.1) is 11.3 Å². The minimum absolute atomic E-state index is 0.0329. The fourth-order valence-electron chi connectivity index (χ4n) is 2.80. The Labute approximate surface area is 148 Å². The SMILES string of the molecule is O=C(c1cccnc1)N1CCN(Cc2nc(-c3cccs3)no2)CC1. The van der Waals surface area contributed by atoms with Crippen LogP contribution in [-0.4, -0.2) is 57.0 Å². The van der Waals surface area contributed by atoms with Crippen molar-refractivity contribution in [3.8, 4) is 10.7 Å². The number of carbonyl (C=O) groups excluding carboxylic acids is 1. The molecule has 4 rings (SSSR count). The van der Waals surface area contributed by atoms with E-state index in [9.17, 15) is 4.79 Å². The molecule has 0 unspecified atom stereocenters. The second kappa shape index (κ2) is 7.12. The zero-order valence-corrected chi connectivity index (χ0v) is 14.4. The van der Waals surface area contributed by atoms with Gasteiger partial charge in [0, 0.05) is 38.6 Å². The molecule has 3 aromatic rings. The molecule has 1 amide bonds. The summed E-state index contributed by atoms with van der Waals surface area (Å²) in [5, 5.41) is 6.02. The third-order valence-electron chi connectivity index (χ3n) is 4.14. The van der Waals surface area contributed by atoms with Crippen LogP contribution in [0.25, 0.3) is 10.7 Å². The molecular formula is C17H17N5O2S. The summed E-state index contributed by atoms with van der Waals surface area (Å²) in [4.78, 5) is 26.0. The van der Waals surface area contributed by atoms with E-state index in [2.05, 4.69) is 20.0 Å². The van der Waals surface area contributed by atoms with Crippen LogP contribution in [-0.2, 0) is 6.54 Å². The zero-order valence-electron chi connectivity index (χ0n) is 13.5. The number of piperazine rings is 1. The van der Waals surface area contributed by atoms with Crippen molar-refractivity contribution < 1.29 is 9.32 Å². The van der Waals surface area contributed by atoms with Gasteiger partial charge in [-0.25, -0.2) is 0 Å². The Hall–Kier alpha value is -2.58. The van der Waals surface area contributed by atoms with Gasteiger partial charge in [0.1, 0.15) is 0 Å². The first-order chi connectivity index (χ1) is 12.3. The third-order valence-corrected chi connectivity index (χ3v) is 5.00. The molecule has 128 valence electrons. The van der Waals surface area contributed by atoms with Gasteiger partial charge in [0.25, 0.3) is 5.91 Å². The Bertz CT molecular complexity index is 826. The number of amides is 1. The van der Waals surface area contributed by atoms with Crippen molar-refractivity contribution in [2.24, 2.45) is 0 Å². The van der Waals surface area contributed by atoms with Gasteiger partial charge >= 0.3 is 0 Å². The predicted molar refractivity (Wildman–Crippen MR) is 93.0 cm³/mol. The van der Waals surface area contributed by atoms with Crippen molar-refractivity contribution in [3.05, 3.63) is 53.5 Å². The van der Waals surface area contributed by atoms with Crippen LogP contribution >= 0.6 is 11.3 Å². The summed E-state index contributed by atoms with van der Waals surface area (Å²) in [5.74, 6) is 1.27. The first-order valence-corrected chi connectivity index (χ1v) is 8.96. The van der Waals surface area contributed by atoms with Crippen LogP contribution in [0.4, 0.5) is 0 Å². The summed E-state index contributed by atoms with van der Waals surface area (Å²) < 4.78 is 5.35. The van der Waals surface area contributed by atoms with Gasteiger partial charge in [-0.3, -0.25) is 14.7 Å². The molecule has 25 heavy (non-hydrogen) atoms. The van der Waals surface area contributed by atoms with Crippen molar-refractivity contribution in [1.29, 1.82) is 0 Å². The van der Waals surface area contributed by atoms with E-state index in [1.807, 2.05) is 22.4 Å². The standard InChI is InChI=1S/C17H17N5O2S/c23-17(13-3-1-5-18-11-13)22-8-6-21(7-9-22)12-15-19-16(20-24-15)14-4-2-10-25-14/h1-5,10-11H,6-9,12H2. The van der Waals surface area contributed by atoms with Gasteiger partial charge in [0.2, 0.25) is 11.7 Å². The molecule has 3 aromatic heterocycles. The van der Waals surface area contributed by atoms with Crippen molar-refractivity contribution in [2.75, 3.05) is 26.2 Å². The van der Waals surface area contributed by atoms with Crippen LogP contribution in [0.5, 0.6) is 0 Å². The second-order valence-corrected chi connectivity index (χ2v) is 6.75. The normalized spacial score (nSPS) is 15.4. The van der Waals surface area contributed by atoms with E-state index in [0.29, 0.717) is 36.9 Å². The molecule has 0 saturated carbocycles. The Morgan fingerprint density at radius 2 is 2.08 bits per heavy atom. The van der Waals surface area contributed by atoms with Gasteiger partial charge in [0.05, 0.1) is 17.0 Å². The number of carbonyl (C=O) groups is 1. The fourth-order valence-corrected chi connectivity index (χ4v) is 3.45. The maximum Gasteiger partial charge on any atom is 0.255 e. The molecule has 7 nitrogen and oxygen atoms in total. The summed E-state index contributed by atoms with van der Waals surface area (Å²) in [6.07, 6.45) is 3.28. The quantitative estimate of drug-likeness (QED) is 0.714. The van der Waals surface area contributed by atoms with Crippen molar-refractivity contribution in [2.45, 2.75) is 6.54 Å². The summed E-state index contributed by atoms with van der Waals surface area (Å²) in [5.41, 5.74) is 0.633. The average Bonchev–Trinajstić information content (AvgIpc) is 3.34. The van der Waals surface area contributed by atoms with Crippen molar-refractivity contribution >= 4 is 17.2 Å². The minimum atomic E-state index is 0.0329. The van der Waals surface area contributed by atoms with Gasteiger partial charge in [-0.05, 0) is 23.6 Å². The highest BCUT2D eigenvalue weighted by molar-refractivity contribution is 7.13. The molecule has 0 bridgehead atoms. The predicted octanol–water partition coefficient (Wildman–Crippen LogP) is 2.15. The summed E-state index contributed by atoms with van der Waals surface area (Å²) in [6.45, 7) is 3.53. The highest BCUT2D eigenvalue weighted by atomic mass is 32.1. The summed E-state index contributed by atoms with van der Waals surface area (Å²) >= 11 is 1.59. The van der Waals surface area contributed by atoms with Crippen LogP contribution < -0.4 is 0 Å². The smallest absolute Gasteiger partial charge is 0.255 e. The molecule has 0 atom stereocenters. The molecular weight excluding hydrogens is 338 g/mol. The van der Waals surface area contributed by atoms with E-state index in [1.54, 1.807) is 35.9 Å². The number of hydrogen-bond acceptors (Lipinski definition) is 7. The van der Waals surface area contributed by atoms with E-state index in [0.717, 1.165) is 18.0 Å². The highest BCUT2D eigenvalue weighted by Gasteiger charge is 2.23. The van der Waals surface area contributed by atoms with Crippen LogP contribution in [0.1, 0.15) is 16.2 Å². The van der Waals surface area contributed by atoms with E-state index in [1.165, 1.54) is 0 Å². The molecule has 0 radical (unpaired) electrons. The lowest BCUT2D eigenvalue weighted by Crippen LogP contribution is -2.48. The Balaban J connectivity index is 1.33. The molecule has 1 fully saturated rings. The molecule has 4 heterocycles. The summed E-state index contributed by atoms with van der Waals surface area (Å²) in [7, 11) is 0. The van der Waals surface area contributed by atoms with E-state index in [4.69, 9.17) is 4.52 Å². The third kappa shape index (κ3) is 3.59. The number of nitrogens with zero attached hydrogens (tertiary/aromatic N) is 5. The monoisotopic (exact) mass is 355 g/mol. The van der Waals surface area contributed by atoms with Crippen LogP contribution in [0.2, 0.25) is 0 Å². The first kappa shape index (κ1) is 15.9.